The molecular formula is C14H16BrN3O3. The summed E-state index contributed by atoms with van der Waals surface area (Å²) in [5.74, 6) is 2.18. The lowest BCUT2D eigenvalue weighted by Gasteiger charge is -2.15. The summed E-state index contributed by atoms with van der Waals surface area (Å²) < 4.78 is 16.7. The molecule has 0 unspecified atom stereocenters. The Hall–Kier alpha value is -2.15. The fourth-order valence-corrected chi connectivity index (χ4v) is 2.20. The molecule has 7 heteroatoms. The van der Waals surface area contributed by atoms with Crippen LogP contribution in [0.4, 0.5) is 17.2 Å². The first kappa shape index (κ1) is 15.2. The van der Waals surface area contributed by atoms with E-state index >= 15 is 0 Å². The van der Waals surface area contributed by atoms with Crippen molar-refractivity contribution in [2.75, 3.05) is 32.4 Å². The minimum absolute atomic E-state index is 0.526. The first-order valence-corrected chi connectivity index (χ1v) is 6.86. The Bertz CT molecular complexity index is 624. The van der Waals surface area contributed by atoms with Crippen LogP contribution in [0.2, 0.25) is 0 Å². The number of nitrogens with zero attached hydrogens (tertiary/aromatic N) is 1. The van der Waals surface area contributed by atoms with E-state index in [-0.39, 0.29) is 0 Å². The number of hydrogen-bond donors (Lipinski definition) is 2. The van der Waals surface area contributed by atoms with Gasteiger partial charge in [0.2, 0.25) is 5.75 Å². The molecule has 0 aliphatic heterocycles. The largest absolute Gasteiger partial charge is 0.493 e. The maximum absolute atomic E-state index is 5.92. The summed E-state index contributed by atoms with van der Waals surface area (Å²) in [6.45, 7) is 0. The minimum Gasteiger partial charge on any atom is -0.493 e. The van der Waals surface area contributed by atoms with Crippen LogP contribution in [0.1, 0.15) is 0 Å². The van der Waals surface area contributed by atoms with Crippen LogP contribution in [0.5, 0.6) is 17.2 Å². The highest BCUT2D eigenvalue weighted by atomic mass is 79.9. The van der Waals surface area contributed by atoms with E-state index in [1.165, 1.54) is 0 Å². The van der Waals surface area contributed by atoms with Gasteiger partial charge in [0.25, 0.3) is 0 Å². The molecular weight excluding hydrogens is 338 g/mol. The van der Waals surface area contributed by atoms with Gasteiger partial charge in [-0.15, -0.1) is 0 Å². The molecule has 112 valence electrons. The number of nitrogen functional groups attached to an aromatic ring is 1. The second-order valence-corrected chi connectivity index (χ2v) is 5.05. The third kappa shape index (κ3) is 3.30. The van der Waals surface area contributed by atoms with Crippen molar-refractivity contribution in [1.82, 2.24) is 4.98 Å². The van der Waals surface area contributed by atoms with Crippen molar-refractivity contribution >= 4 is 33.1 Å². The fourth-order valence-electron chi connectivity index (χ4n) is 1.85. The number of hydrogen-bond acceptors (Lipinski definition) is 6. The van der Waals surface area contributed by atoms with Crippen molar-refractivity contribution in [3.8, 4) is 17.2 Å². The quantitative estimate of drug-likeness (QED) is 0.859. The third-order valence-electron chi connectivity index (χ3n) is 2.81. The van der Waals surface area contributed by atoms with Crippen LogP contribution in [0.3, 0.4) is 0 Å². The highest BCUT2D eigenvalue weighted by Crippen LogP contribution is 2.40. The van der Waals surface area contributed by atoms with Crippen LogP contribution in [0.15, 0.2) is 28.9 Å². The van der Waals surface area contributed by atoms with Crippen molar-refractivity contribution in [3.05, 3.63) is 28.9 Å². The van der Waals surface area contributed by atoms with E-state index in [1.807, 2.05) is 0 Å². The Morgan fingerprint density at radius 2 is 1.67 bits per heavy atom. The number of halogens is 1. The molecule has 1 aromatic carbocycles. The lowest BCUT2D eigenvalue weighted by Crippen LogP contribution is -2.01. The Morgan fingerprint density at radius 3 is 2.14 bits per heavy atom. The number of aromatic nitrogens is 1. The molecule has 6 nitrogen and oxygen atoms in total. The number of ether oxygens (including phenoxy) is 3. The highest BCUT2D eigenvalue weighted by molar-refractivity contribution is 9.10. The minimum atomic E-state index is 0.526. The maximum atomic E-state index is 5.92. The highest BCUT2D eigenvalue weighted by Gasteiger charge is 2.14. The van der Waals surface area contributed by atoms with E-state index in [0.717, 1.165) is 10.2 Å². The van der Waals surface area contributed by atoms with Crippen LogP contribution in [0.25, 0.3) is 0 Å². The lowest BCUT2D eigenvalue weighted by molar-refractivity contribution is 0.324. The van der Waals surface area contributed by atoms with Crippen LogP contribution in [-0.2, 0) is 0 Å². The van der Waals surface area contributed by atoms with Crippen molar-refractivity contribution in [2.24, 2.45) is 0 Å². The molecule has 0 fully saturated rings. The molecule has 2 rings (SSSR count). The van der Waals surface area contributed by atoms with Crippen molar-refractivity contribution in [2.45, 2.75) is 0 Å². The van der Waals surface area contributed by atoms with E-state index < -0.39 is 0 Å². The summed E-state index contributed by atoms with van der Waals surface area (Å²) in [4.78, 5) is 4.23. The standard InChI is InChI=1S/C14H16BrN3O3/c1-19-11-5-9(6-12(20-2)13(11)21-3)18-14-10(16)4-8(15)7-17-14/h4-7H,16H2,1-3H3,(H,17,18). The van der Waals surface area contributed by atoms with E-state index in [4.69, 9.17) is 19.9 Å². The smallest absolute Gasteiger partial charge is 0.203 e. The zero-order chi connectivity index (χ0) is 15.4. The van der Waals surface area contributed by atoms with Gasteiger partial charge in [-0.3, -0.25) is 0 Å². The van der Waals surface area contributed by atoms with Gasteiger partial charge in [-0.25, -0.2) is 4.98 Å². The third-order valence-corrected chi connectivity index (χ3v) is 3.24. The number of nitrogens with two attached hydrogens (primary N) is 1. The van der Waals surface area contributed by atoms with Gasteiger partial charge in [-0.2, -0.15) is 0 Å². The van der Waals surface area contributed by atoms with Gasteiger partial charge in [-0.1, -0.05) is 0 Å². The Morgan fingerprint density at radius 1 is 1.05 bits per heavy atom. The number of benzene rings is 1. The average Bonchev–Trinajstić information content (AvgIpc) is 2.49. The zero-order valence-corrected chi connectivity index (χ0v) is 13.5. The van der Waals surface area contributed by atoms with Crippen molar-refractivity contribution in [1.29, 1.82) is 0 Å². The van der Waals surface area contributed by atoms with E-state index in [1.54, 1.807) is 45.7 Å². The molecule has 0 aliphatic carbocycles. The number of pyridine rings is 1. The zero-order valence-electron chi connectivity index (χ0n) is 11.9. The Kier molecular flexibility index (Phi) is 4.74. The van der Waals surface area contributed by atoms with Gasteiger partial charge in [0, 0.05) is 28.5 Å². The van der Waals surface area contributed by atoms with Crippen LogP contribution in [0, 0.1) is 0 Å². The van der Waals surface area contributed by atoms with Crippen LogP contribution >= 0.6 is 15.9 Å². The second kappa shape index (κ2) is 6.53. The maximum Gasteiger partial charge on any atom is 0.203 e. The summed E-state index contributed by atoms with van der Waals surface area (Å²) in [7, 11) is 4.68. The molecule has 0 spiro atoms. The summed E-state index contributed by atoms with van der Waals surface area (Å²) in [6.07, 6.45) is 1.66. The predicted molar refractivity (Wildman–Crippen MR) is 85.7 cm³/mol. The molecule has 0 saturated carbocycles. The molecule has 2 aromatic rings. The predicted octanol–water partition coefficient (Wildman–Crippen LogP) is 3.20. The molecule has 0 saturated heterocycles. The molecule has 0 bridgehead atoms. The van der Waals surface area contributed by atoms with Gasteiger partial charge in [-0.05, 0) is 22.0 Å². The van der Waals surface area contributed by atoms with Gasteiger partial charge in [0.15, 0.2) is 17.3 Å². The average molecular weight is 354 g/mol. The summed E-state index contributed by atoms with van der Waals surface area (Å²) in [5.41, 5.74) is 7.18. The van der Waals surface area contributed by atoms with Gasteiger partial charge in [0.1, 0.15) is 0 Å². The molecule has 3 N–H and O–H groups in total. The molecule has 21 heavy (non-hydrogen) atoms. The van der Waals surface area contributed by atoms with Gasteiger partial charge >= 0.3 is 0 Å². The topological polar surface area (TPSA) is 78.6 Å². The number of rotatable bonds is 5. The molecule has 0 atom stereocenters. The molecule has 0 aliphatic rings. The molecule has 1 heterocycles. The lowest BCUT2D eigenvalue weighted by atomic mass is 10.2. The van der Waals surface area contributed by atoms with Gasteiger partial charge < -0.3 is 25.3 Å². The van der Waals surface area contributed by atoms with E-state index in [2.05, 4.69) is 26.2 Å². The normalized spacial score (nSPS) is 10.1. The SMILES string of the molecule is COc1cc(Nc2ncc(Br)cc2N)cc(OC)c1OC. The van der Waals surface area contributed by atoms with Crippen molar-refractivity contribution in [3.63, 3.8) is 0 Å². The first-order valence-electron chi connectivity index (χ1n) is 6.07. The molecule has 1 aromatic heterocycles. The summed E-state index contributed by atoms with van der Waals surface area (Å²) in [6, 6.07) is 5.34. The van der Waals surface area contributed by atoms with E-state index in [0.29, 0.717) is 28.8 Å². The van der Waals surface area contributed by atoms with Gasteiger partial charge in [0.05, 0.1) is 27.0 Å². The first-order chi connectivity index (χ1) is 10.1. The van der Waals surface area contributed by atoms with E-state index in [9.17, 15) is 0 Å². The summed E-state index contributed by atoms with van der Waals surface area (Å²) >= 11 is 3.32. The number of nitrogens with one attached hydrogen (secondary N) is 1. The molecule has 0 amide bonds. The monoisotopic (exact) mass is 353 g/mol. The number of anilines is 3. The number of methoxy groups -OCH3 is 3. The Labute approximate surface area is 131 Å². The van der Waals surface area contributed by atoms with Crippen LogP contribution < -0.4 is 25.3 Å². The van der Waals surface area contributed by atoms with Crippen LogP contribution in [-0.4, -0.2) is 26.3 Å². The second-order valence-electron chi connectivity index (χ2n) is 4.13. The molecule has 0 radical (unpaired) electrons. The fraction of sp³-hybridized carbons (Fsp3) is 0.214. The summed E-state index contributed by atoms with van der Waals surface area (Å²) in [5, 5.41) is 3.13. The van der Waals surface area contributed by atoms with Crippen molar-refractivity contribution < 1.29 is 14.2 Å². The Balaban J connectivity index is 2.40.